The van der Waals surface area contributed by atoms with Crippen LogP contribution in [0.5, 0.6) is 0 Å². The van der Waals surface area contributed by atoms with Crippen molar-refractivity contribution in [1.29, 1.82) is 0 Å². The SMILES string of the molecule is CCCCCCCC/C=C\CCCCCCCC(=O)O[C@@H]1COCC[C@@H]1OS(=O)(=O)[O-].[Na+]. The summed E-state index contributed by atoms with van der Waals surface area (Å²) in [5.41, 5.74) is 0. The summed E-state index contributed by atoms with van der Waals surface area (Å²) in [5, 5.41) is 0. The van der Waals surface area contributed by atoms with Gasteiger partial charge in [0, 0.05) is 19.4 Å². The Kier molecular flexibility index (Phi) is 20.4. The minimum absolute atomic E-state index is 0. The summed E-state index contributed by atoms with van der Waals surface area (Å²) in [6.07, 6.45) is 18.6. The summed E-state index contributed by atoms with van der Waals surface area (Å²) in [6.45, 7) is 2.55. The van der Waals surface area contributed by atoms with Gasteiger partial charge in [-0.05, 0) is 32.1 Å². The maximum atomic E-state index is 12.0. The molecule has 0 bridgehead atoms. The van der Waals surface area contributed by atoms with Crippen LogP contribution in [0.3, 0.4) is 0 Å². The van der Waals surface area contributed by atoms with Crippen LogP contribution in [0.2, 0.25) is 0 Å². The first kappa shape index (κ1) is 32.0. The van der Waals surface area contributed by atoms with E-state index in [1.807, 2.05) is 0 Å². The molecule has 1 heterocycles. The molecule has 0 aromatic heterocycles. The average Bonchev–Trinajstić information content (AvgIpc) is 2.71. The smallest absolute Gasteiger partial charge is 0.726 e. The molecule has 0 aliphatic carbocycles. The molecule has 1 saturated heterocycles. The number of hydrogen-bond donors (Lipinski definition) is 0. The summed E-state index contributed by atoms with van der Waals surface area (Å²) in [6, 6.07) is 0. The Labute approximate surface area is 217 Å². The van der Waals surface area contributed by atoms with Crippen molar-refractivity contribution in [2.45, 2.75) is 115 Å². The van der Waals surface area contributed by atoms with Crippen molar-refractivity contribution in [1.82, 2.24) is 0 Å². The van der Waals surface area contributed by atoms with Crippen molar-refractivity contribution in [2.24, 2.45) is 0 Å². The third-order valence-corrected chi connectivity index (χ3v) is 5.89. The summed E-state index contributed by atoms with van der Waals surface area (Å²) >= 11 is 0. The number of unbranched alkanes of at least 4 members (excludes halogenated alkanes) is 11. The Morgan fingerprint density at radius 1 is 0.938 bits per heavy atom. The quantitative estimate of drug-likeness (QED) is 0.0734. The van der Waals surface area contributed by atoms with Gasteiger partial charge < -0.3 is 14.0 Å². The number of esters is 1. The van der Waals surface area contributed by atoms with Gasteiger partial charge in [0.05, 0.1) is 6.61 Å². The van der Waals surface area contributed by atoms with E-state index in [-0.39, 0.29) is 55.6 Å². The van der Waals surface area contributed by atoms with E-state index in [1.165, 1.54) is 51.4 Å². The predicted molar refractivity (Wildman–Crippen MR) is 119 cm³/mol. The number of rotatable bonds is 18. The van der Waals surface area contributed by atoms with Crippen LogP contribution in [0.25, 0.3) is 0 Å². The first-order chi connectivity index (χ1) is 14.9. The van der Waals surface area contributed by atoms with E-state index >= 15 is 0 Å². The zero-order valence-electron chi connectivity index (χ0n) is 20.1. The zero-order valence-corrected chi connectivity index (χ0v) is 22.9. The zero-order chi connectivity index (χ0) is 22.8. The van der Waals surface area contributed by atoms with Crippen LogP contribution < -0.4 is 29.6 Å². The molecule has 2 atom stereocenters. The molecule has 32 heavy (non-hydrogen) atoms. The van der Waals surface area contributed by atoms with Crippen LogP contribution in [0.1, 0.15) is 103 Å². The molecule has 0 N–H and O–H groups in total. The van der Waals surface area contributed by atoms with E-state index in [1.54, 1.807) is 0 Å². The van der Waals surface area contributed by atoms with E-state index < -0.39 is 28.6 Å². The van der Waals surface area contributed by atoms with Crippen LogP contribution in [0, 0.1) is 0 Å². The second kappa shape index (κ2) is 20.4. The van der Waals surface area contributed by atoms with Crippen LogP contribution in [-0.2, 0) is 28.9 Å². The van der Waals surface area contributed by atoms with E-state index in [4.69, 9.17) is 9.47 Å². The second-order valence-electron chi connectivity index (χ2n) is 8.27. The minimum Gasteiger partial charge on any atom is -0.726 e. The fraction of sp³-hybridized carbons (Fsp3) is 0.870. The number of carbonyl (C=O) groups excluding carboxylic acids is 1. The third kappa shape index (κ3) is 18.5. The molecule has 0 aromatic rings. The van der Waals surface area contributed by atoms with Crippen molar-refractivity contribution in [2.75, 3.05) is 13.2 Å². The molecule has 1 aliphatic rings. The fourth-order valence-electron chi connectivity index (χ4n) is 3.63. The molecule has 1 rings (SSSR count). The number of ether oxygens (including phenoxy) is 2. The van der Waals surface area contributed by atoms with Crippen LogP contribution >= 0.6 is 0 Å². The van der Waals surface area contributed by atoms with E-state index in [9.17, 15) is 17.8 Å². The molecular formula is C23H41NaO7S. The third-order valence-electron chi connectivity index (χ3n) is 5.41. The van der Waals surface area contributed by atoms with Crippen molar-refractivity contribution in [3.63, 3.8) is 0 Å². The molecule has 0 amide bonds. The van der Waals surface area contributed by atoms with Crippen molar-refractivity contribution in [3.8, 4) is 0 Å². The number of allylic oxidation sites excluding steroid dienone is 2. The Morgan fingerprint density at radius 3 is 2.09 bits per heavy atom. The molecule has 0 unspecified atom stereocenters. The van der Waals surface area contributed by atoms with Crippen LogP contribution in [-0.4, -0.2) is 44.4 Å². The average molecular weight is 485 g/mol. The molecule has 182 valence electrons. The Morgan fingerprint density at radius 2 is 1.50 bits per heavy atom. The Hall–Kier alpha value is 0.0400. The largest absolute Gasteiger partial charge is 1.00 e. The number of hydrogen-bond acceptors (Lipinski definition) is 7. The summed E-state index contributed by atoms with van der Waals surface area (Å²) < 4.78 is 47.3. The van der Waals surface area contributed by atoms with Crippen molar-refractivity contribution >= 4 is 16.4 Å². The maximum Gasteiger partial charge on any atom is 1.00 e. The molecule has 1 aliphatic heterocycles. The number of carbonyl (C=O) groups is 1. The van der Waals surface area contributed by atoms with Gasteiger partial charge in [0.15, 0.2) is 6.10 Å². The van der Waals surface area contributed by atoms with E-state index in [0.29, 0.717) is 0 Å². The van der Waals surface area contributed by atoms with Crippen LogP contribution in [0.15, 0.2) is 12.2 Å². The summed E-state index contributed by atoms with van der Waals surface area (Å²) in [7, 11) is -4.84. The van der Waals surface area contributed by atoms with Crippen LogP contribution in [0.4, 0.5) is 0 Å². The summed E-state index contributed by atoms with van der Waals surface area (Å²) in [4.78, 5) is 12.0. The normalized spacial score (nSPS) is 19.1. The molecule has 0 saturated carbocycles. The maximum absolute atomic E-state index is 12.0. The van der Waals surface area contributed by atoms with Gasteiger partial charge in [-0.2, -0.15) is 0 Å². The molecular weight excluding hydrogens is 443 g/mol. The van der Waals surface area contributed by atoms with Gasteiger partial charge in [-0.3, -0.25) is 8.98 Å². The Bertz CT molecular complexity index is 595. The second-order valence-corrected chi connectivity index (χ2v) is 9.28. The topological polar surface area (TPSA) is 102 Å². The van der Waals surface area contributed by atoms with Gasteiger partial charge in [0.25, 0.3) is 0 Å². The molecule has 7 nitrogen and oxygen atoms in total. The predicted octanol–water partition coefficient (Wildman–Crippen LogP) is 2.21. The van der Waals surface area contributed by atoms with E-state index in [2.05, 4.69) is 23.3 Å². The minimum atomic E-state index is -4.84. The first-order valence-electron chi connectivity index (χ1n) is 12.0. The molecule has 9 heteroatoms. The summed E-state index contributed by atoms with van der Waals surface area (Å²) in [5.74, 6) is -0.412. The molecule has 0 radical (unpaired) electrons. The van der Waals surface area contributed by atoms with Gasteiger partial charge in [-0.15, -0.1) is 0 Å². The molecule has 0 spiro atoms. The van der Waals surface area contributed by atoms with Crippen molar-refractivity contribution in [3.05, 3.63) is 12.2 Å². The van der Waals surface area contributed by atoms with Crippen molar-refractivity contribution < 1.29 is 61.0 Å². The van der Waals surface area contributed by atoms with Gasteiger partial charge >= 0.3 is 35.5 Å². The monoisotopic (exact) mass is 484 g/mol. The molecule has 0 aromatic carbocycles. The Balaban J connectivity index is 0.00000961. The first-order valence-corrected chi connectivity index (χ1v) is 13.3. The van der Waals surface area contributed by atoms with Gasteiger partial charge in [-0.1, -0.05) is 70.4 Å². The molecule has 1 fully saturated rings. The fourth-order valence-corrected chi connectivity index (χ4v) is 4.15. The van der Waals surface area contributed by atoms with E-state index in [0.717, 1.165) is 32.1 Å². The van der Waals surface area contributed by atoms with Gasteiger partial charge in [0.2, 0.25) is 10.4 Å². The van der Waals surface area contributed by atoms with Gasteiger partial charge in [0.1, 0.15) is 6.10 Å². The van der Waals surface area contributed by atoms with Gasteiger partial charge in [-0.25, -0.2) is 8.42 Å². The standard InChI is InChI=1S/C23H42O7S.Na/c1-2-3-4-5-6-7-8-9-10-11-12-13-14-15-16-17-23(24)29-22-20-28-19-18-21(22)30-31(25,26)27;/h9-10,21-22H,2-8,11-20H2,1H3,(H,25,26,27);/q;+1/p-1/b10-9-;/t21-,22+;/m0./s1.